The molecule has 4 rings (SSSR count). The number of nitrogens with zero attached hydrogens (tertiary/aromatic N) is 5. The number of pyridine rings is 1. The van der Waals surface area contributed by atoms with Gasteiger partial charge in [-0.2, -0.15) is 0 Å². The van der Waals surface area contributed by atoms with Gasteiger partial charge >= 0.3 is 12.1 Å². The number of carbonyl (C=O) groups is 2. The lowest BCUT2D eigenvalue weighted by molar-refractivity contribution is 0.0220. The van der Waals surface area contributed by atoms with Crippen LogP contribution in [0.5, 0.6) is 0 Å². The van der Waals surface area contributed by atoms with Crippen molar-refractivity contribution < 1.29 is 19.1 Å². The molecule has 0 unspecified atom stereocenters. The fraction of sp³-hybridized carbons (Fsp3) is 0.560. The summed E-state index contributed by atoms with van der Waals surface area (Å²) in [6.07, 6.45) is 1.93. The SMILES string of the molecule is CCNC(=O)Nc1ccc(-c2nc3c(c(N4CCOC[C@@H]4C)n2)CCN(C(=O)OC(C)(C)C)C3)cn1. The van der Waals surface area contributed by atoms with E-state index in [1.54, 1.807) is 17.2 Å². The van der Waals surface area contributed by atoms with E-state index in [9.17, 15) is 9.59 Å². The number of morpholine rings is 1. The van der Waals surface area contributed by atoms with Crippen molar-refractivity contribution >= 4 is 23.8 Å². The van der Waals surface area contributed by atoms with Crippen LogP contribution in [0.25, 0.3) is 11.4 Å². The fourth-order valence-corrected chi connectivity index (χ4v) is 4.22. The van der Waals surface area contributed by atoms with Gasteiger partial charge in [0.25, 0.3) is 0 Å². The summed E-state index contributed by atoms with van der Waals surface area (Å²) in [5.41, 5.74) is 2.00. The number of carbonyl (C=O) groups excluding carboxylic acids is 2. The first kappa shape index (κ1) is 25.6. The lowest BCUT2D eigenvalue weighted by Gasteiger charge is -2.38. The molecule has 0 saturated carbocycles. The highest BCUT2D eigenvalue weighted by molar-refractivity contribution is 5.88. The molecule has 1 saturated heterocycles. The maximum atomic E-state index is 12.8. The minimum atomic E-state index is -0.571. The summed E-state index contributed by atoms with van der Waals surface area (Å²) < 4.78 is 11.2. The minimum Gasteiger partial charge on any atom is -0.444 e. The lowest BCUT2D eigenvalue weighted by atomic mass is 10.0. The van der Waals surface area contributed by atoms with Crippen LogP contribution in [0.2, 0.25) is 0 Å². The molecule has 2 aromatic rings. The molecule has 0 radical (unpaired) electrons. The van der Waals surface area contributed by atoms with Crippen molar-refractivity contribution in [3.8, 4) is 11.4 Å². The van der Waals surface area contributed by atoms with Crippen molar-refractivity contribution in [1.29, 1.82) is 0 Å². The number of rotatable bonds is 4. The van der Waals surface area contributed by atoms with Gasteiger partial charge in [0.15, 0.2) is 5.82 Å². The Morgan fingerprint density at radius 2 is 2.03 bits per heavy atom. The van der Waals surface area contributed by atoms with Crippen LogP contribution in [0.15, 0.2) is 18.3 Å². The van der Waals surface area contributed by atoms with Crippen molar-refractivity contribution in [2.75, 3.05) is 43.1 Å². The number of aromatic nitrogens is 3. The second-order valence-electron chi connectivity index (χ2n) is 9.98. The Balaban J connectivity index is 1.67. The number of amides is 3. The number of ether oxygens (including phenoxy) is 2. The first-order chi connectivity index (χ1) is 17.1. The molecule has 2 aromatic heterocycles. The second-order valence-corrected chi connectivity index (χ2v) is 9.98. The van der Waals surface area contributed by atoms with Crippen LogP contribution in [-0.4, -0.2) is 76.5 Å². The van der Waals surface area contributed by atoms with Crippen molar-refractivity contribution in [2.45, 2.75) is 59.2 Å². The number of hydrogen-bond donors (Lipinski definition) is 2. The van der Waals surface area contributed by atoms with Crippen LogP contribution < -0.4 is 15.5 Å². The lowest BCUT2D eigenvalue weighted by Crippen LogP contribution is -2.46. The van der Waals surface area contributed by atoms with E-state index in [0.29, 0.717) is 50.9 Å². The summed E-state index contributed by atoms with van der Waals surface area (Å²) in [6, 6.07) is 3.40. The topological polar surface area (TPSA) is 122 Å². The average molecular weight is 498 g/mol. The molecule has 11 heteroatoms. The number of hydrogen-bond acceptors (Lipinski definition) is 8. The van der Waals surface area contributed by atoms with Gasteiger partial charge in [0.2, 0.25) is 0 Å². The third-order valence-corrected chi connectivity index (χ3v) is 5.94. The average Bonchev–Trinajstić information content (AvgIpc) is 2.83. The summed E-state index contributed by atoms with van der Waals surface area (Å²) >= 11 is 0. The maximum absolute atomic E-state index is 12.8. The summed E-state index contributed by atoms with van der Waals surface area (Å²) in [7, 11) is 0. The molecule has 0 bridgehead atoms. The largest absolute Gasteiger partial charge is 0.444 e. The van der Waals surface area contributed by atoms with Crippen LogP contribution in [-0.2, 0) is 22.4 Å². The van der Waals surface area contributed by atoms with Crippen molar-refractivity contribution in [1.82, 2.24) is 25.2 Å². The Morgan fingerprint density at radius 1 is 1.22 bits per heavy atom. The Labute approximate surface area is 211 Å². The van der Waals surface area contributed by atoms with E-state index in [1.807, 2.05) is 33.8 Å². The third-order valence-electron chi connectivity index (χ3n) is 5.94. The van der Waals surface area contributed by atoms with Crippen molar-refractivity contribution in [3.63, 3.8) is 0 Å². The van der Waals surface area contributed by atoms with Gasteiger partial charge in [0, 0.05) is 37.0 Å². The molecule has 2 aliphatic rings. The molecule has 2 N–H and O–H groups in total. The van der Waals surface area contributed by atoms with Crippen molar-refractivity contribution in [3.05, 3.63) is 29.6 Å². The zero-order valence-corrected chi connectivity index (χ0v) is 21.6. The number of fused-ring (bicyclic) bond motifs is 1. The second kappa shape index (κ2) is 10.7. The van der Waals surface area contributed by atoms with E-state index in [-0.39, 0.29) is 18.2 Å². The summed E-state index contributed by atoms with van der Waals surface area (Å²) in [5, 5.41) is 5.37. The van der Waals surface area contributed by atoms with Crippen LogP contribution >= 0.6 is 0 Å². The molecule has 194 valence electrons. The van der Waals surface area contributed by atoms with Crippen molar-refractivity contribution in [2.24, 2.45) is 0 Å². The Bertz CT molecular complexity index is 1100. The van der Waals surface area contributed by atoms with E-state index < -0.39 is 5.60 Å². The predicted octanol–water partition coefficient (Wildman–Crippen LogP) is 3.20. The van der Waals surface area contributed by atoms with Gasteiger partial charge in [-0.3, -0.25) is 5.32 Å². The van der Waals surface area contributed by atoms with Crippen LogP contribution in [0, 0.1) is 0 Å². The minimum absolute atomic E-state index is 0.163. The third kappa shape index (κ3) is 6.01. The number of anilines is 2. The molecule has 0 spiro atoms. The summed E-state index contributed by atoms with van der Waals surface area (Å²) in [4.78, 5) is 42.7. The summed E-state index contributed by atoms with van der Waals surface area (Å²) in [5.74, 6) is 1.82. The molecule has 2 aliphatic heterocycles. The van der Waals surface area contributed by atoms with Gasteiger partial charge in [-0.25, -0.2) is 24.5 Å². The normalized spacial score (nSPS) is 17.9. The number of nitrogens with one attached hydrogen (secondary N) is 2. The molecule has 0 aliphatic carbocycles. The molecular weight excluding hydrogens is 462 g/mol. The Kier molecular flexibility index (Phi) is 7.58. The van der Waals surface area contributed by atoms with E-state index >= 15 is 0 Å². The predicted molar refractivity (Wildman–Crippen MR) is 136 cm³/mol. The van der Waals surface area contributed by atoms with E-state index in [4.69, 9.17) is 19.4 Å². The first-order valence-electron chi connectivity index (χ1n) is 12.4. The standard InChI is InChI=1S/C25H35N7O4/c1-6-26-23(33)29-20-8-7-17(13-27-20)21-28-19-14-31(24(34)36-25(3,4)5)10-9-18(19)22(30-21)32-11-12-35-15-16(32)2/h7-8,13,16H,6,9-12,14-15H2,1-5H3,(H2,26,27,29,33)/t16-/m0/s1. The smallest absolute Gasteiger partial charge is 0.410 e. The molecule has 3 amide bonds. The number of urea groups is 1. The van der Waals surface area contributed by atoms with Gasteiger partial charge in [-0.1, -0.05) is 0 Å². The highest BCUT2D eigenvalue weighted by Crippen LogP contribution is 2.32. The molecule has 36 heavy (non-hydrogen) atoms. The maximum Gasteiger partial charge on any atom is 0.410 e. The fourth-order valence-electron chi connectivity index (χ4n) is 4.22. The van der Waals surface area contributed by atoms with Gasteiger partial charge < -0.3 is 24.6 Å². The zero-order chi connectivity index (χ0) is 25.9. The molecule has 0 aromatic carbocycles. The quantitative estimate of drug-likeness (QED) is 0.661. The van der Waals surface area contributed by atoms with Crippen LogP contribution in [0.4, 0.5) is 21.2 Å². The van der Waals surface area contributed by atoms with E-state index in [0.717, 1.165) is 29.2 Å². The Morgan fingerprint density at radius 3 is 2.69 bits per heavy atom. The van der Waals surface area contributed by atoms with E-state index in [1.165, 1.54) is 0 Å². The van der Waals surface area contributed by atoms with Crippen LogP contribution in [0.3, 0.4) is 0 Å². The highest BCUT2D eigenvalue weighted by Gasteiger charge is 2.32. The van der Waals surface area contributed by atoms with Gasteiger partial charge in [-0.05, 0) is 53.2 Å². The first-order valence-corrected chi connectivity index (χ1v) is 12.4. The van der Waals surface area contributed by atoms with Gasteiger partial charge in [-0.15, -0.1) is 0 Å². The van der Waals surface area contributed by atoms with Gasteiger partial charge in [0.1, 0.15) is 17.2 Å². The molecule has 11 nitrogen and oxygen atoms in total. The molecular formula is C25H35N7O4. The van der Waals surface area contributed by atoms with Crippen LogP contribution in [0.1, 0.15) is 45.9 Å². The molecule has 1 atom stereocenters. The molecule has 4 heterocycles. The zero-order valence-electron chi connectivity index (χ0n) is 21.6. The van der Waals surface area contributed by atoms with E-state index in [2.05, 4.69) is 27.4 Å². The highest BCUT2D eigenvalue weighted by atomic mass is 16.6. The summed E-state index contributed by atoms with van der Waals surface area (Å²) in [6.45, 7) is 12.9. The molecule has 1 fully saturated rings. The Hall–Kier alpha value is -3.47. The monoisotopic (exact) mass is 497 g/mol. The van der Waals surface area contributed by atoms with Gasteiger partial charge in [0.05, 0.1) is 31.5 Å².